The predicted molar refractivity (Wildman–Crippen MR) is 129 cm³/mol. The molecule has 2 aliphatic heterocycles. The summed E-state index contributed by atoms with van der Waals surface area (Å²) in [4.78, 5) is 31.9. The molecule has 35 heavy (non-hydrogen) atoms. The van der Waals surface area contributed by atoms with Crippen LogP contribution in [0.15, 0.2) is 12.3 Å². The van der Waals surface area contributed by atoms with E-state index in [1.54, 1.807) is 10.9 Å². The monoisotopic (exact) mass is 511 g/mol. The summed E-state index contributed by atoms with van der Waals surface area (Å²) in [5.74, 6) is 2.02. The smallest absolute Gasteiger partial charge is 0.326 e. The van der Waals surface area contributed by atoms with E-state index in [4.69, 9.17) is 24.6 Å². The molecule has 0 unspecified atom stereocenters. The van der Waals surface area contributed by atoms with Gasteiger partial charge in [0.2, 0.25) is 5.95 Å². The summed E-state index contributed by atoms with van der Waals surface area (Å²) in [6.07, 6.45) is 3.38. The van der Waals surface area contributed by atoms with Crippen LogP contribution < -0.4 is 15.5 Å². The highest BCUT2D eigenvalue weighted by Gasteiger charge is 2.23. The number of nitrogens with one attached hydrogen (secondary N) is 2. The van der Waals surface area contributed by atoms with Crippen molar-refractivity contribution in [2.45, 2.75) is 32.0 Å². The summed E-state index contributed by atoms with van der Waals surface area (Å²) < 4.78 is 18.2. The van der Waals surface area contributed by atoms with Crippen molar-refractivity contribution < 1.29 is 24.2 Å². The first-order chi connectivity index (χ1) is 16.9. The van der Waals surface area contributed by atoms with Crippen LogP contribution >= 0.6 is 7.60 Å². The quantitative estimate of drug-likeness (QED) is 0.246. The normalized spacial score (nSPS) is 18.1. The number of morpholine rings is 1. The van der Waals surface area contributed by atoms with Crippen molar-refractivity contribution in [2.75, 3.05) is 74.2 Å². The number of anilines is 3. The van der Waals surface area contributed by atoms with Gasteiger partial charge >= 0.3 is 7.60 Å². The molecular formula is C20H34N9O5P. The zero-order valence-electron chi connectivity index (χ0n) is 19.7. The van der Waals surface area contributed by atoms with Crippen molar-refractivity contribution in [1.82, 2.24) is 29.9 Å². The van der Waals surface area contributed by atoms with Crippen molar-refractivity contribution in [3.63, 3.8) is 0 Å². The van der Waals surface area contributed by atoms with Crippen LogP contribution in [0, 0.1) is 0 Å². The topological polar surface area (TPSA) is 174 Å². The van der Waals surface area contributed by atoms with Gasteiger partial charge in [0.25, 0.3) is 0 Å². The number of aromatic nitrogens is 5. The molecule has 0 spiro atoms. The maximum absolute atomic E-state index is 11.2. The van der Waals surface area contributed by atoms with Gasteiger partial charge in [-0.25, -0.2) is 4.68 Å². The van der Waals surface area contributed by atoms with Crippen LogP contribution in [0.1, 0.15) is 18.5 Å². The molecule has 0 atom stereocenters. The van der Waals surface area contributed by atoms with Crippen molar-refractivity contribution in [1.29, 1.82) is 0 Å². The molecular weight excluding hydrogens is 477 g/mol. The lowest BCUT2D eigenvalue weighted by Crippen LogP contribution is -2.40. The Bertz CT molecular complexity index is 989. The van der Waals surface area contributed by atoms with E-state index in [1.807, 2.05) is 6.07 Å². The average molecular weight is 512 g/mol. The molecule has 14 nitrogen and oxygen atoms in total. The number of aliphatic hydroxyl groups excluding tert-OH is 1. The summed E-state index contributed by atoms with van der Waals surface area (Å²) >= 11 is 0. The highest BCUT2D eigenvalue weighted by Crippen LogP contribution is 2.34. The summed E-state index contributed by atoms with van der Waals surface area (Å²) in [7, 11) is -3.97. The second-order valence-electron chi connectivity index (χ2n) is 8.73. The fraction of sp³-hybridized carbons (Fsp3) is 0.700. The van der Waals surface area contributed by atoms with Crippen LogP contribution in [0.3, 0.4) is 0 Å². The number of rotatable bonds is 11. The van der Waals surface area contributed by atoms with Gasteiger partial charge < -0.3 is 40.1 Å². The maximum atomic E-state index is 11.2. The van der Waals surface area contributed by atoms with Gasteiger partial charge in [-0.1, -0.05) is 5.21 Å². The molecule has 194 valence electrons. The zero-order chi connectivity index (χ0) is 24.7. The fourth-order valence-corrected chi connectivity index (χ4v) is 4.67. The number of likely N-dealkylation sites (tertiary alicyclic amines) is 1. The number of aliphatic hydroxyl groups is 1. The highest BCUT2D eigenvalue weighted by molar-refractivity contribution is 7.51. The first-order valence-electron chi connectivity index (χ1n) is 11.9. The van der Waals surface area contributed by atoms with E-state index in [-0.39, 0.29) is 18.8 Å². The van der Waals surface area contributed by atoms with Crippen LogP contribution in [0.5, 0.6) is 0 Å². The van der Waals surface area contributed by atoms with E-state index in [0.29, 0.717) is 38.8 Å². The van der Waals surface area contributed by atoms with E-state index >= 15 is 0 Å². The molecule has 5 N–H and O–H groups in total. The van der Waals surface area contributed by atoms with Crippen molar-refractivity contribution in [2.24, 2.45) is 0 Å². The minimum Gasteiger partial charge on any atom is -0.394 e. The Morgan fingerprint density at radius 3 is 2.60 bits per heavy atom. The molecule has 2 aromatic heterocycles. The first kappa shape index (κ1) is 25.7. The summed E-state index contributed by atoms with van der Waals surface area (Å²) in [5.41, 5.74) is 0.719. The number of nitrogens with zero attached hydrogens (tertiary/aromatic N) is 7. The zero-order valence-corrected chi connectivity index (χ0v) is 20.6. The second kappa shape index (κ2) is 12.1. The molecule has 2 saturated heterocycles. The summed E-state index contributed by atoms with van der Waals surface area (Å²) in [6.45, 7) is 5.54. The third-order valence-corrected chi connectivity index (χ3v) is 6.82. The van der Waals surface area contributed by atoms with E-state index in [1.165, 1.54) is 0 Å². The Kier molecular flexibility index (Phi) is 8.87. The number of hydrogen-bond donors (Lipinski definition) is 5. The molecule has 15 heteroatoms. The van der Waals surface area contributed by atoms with E-state index in [0.717, 1.165) is 56.4 Å². The van der Waals surface area contributed by atoms with E-state index in [9.17, 15) is 4.57 Å². The lowest BCUT2D eigenvalue weighted by molar-refractivity contribution is 0.122. The van der Waals surface area contributed by atoms with Gasteiger partial charge in [0.1, 0.15) is 17.3 Å². The Morgan fingerprint density at radius 1 is 1.11 bits per heavy atom. The van der Waals surface area contributed by atoms with Gasteiger partial charge in [-0.3, -0.25) is 4.57 Å². The third kappa shape index (κ3) is 8.09. The standard InChI is InChI=1S/C20H34N9O5P/c30-9-5-29-15-17(25-26-29)14-21-20-23-18(13-19(24-20)28-6-10-34-11-7-28)22-16-1-3-27(4-2-16)8-12-35(31,32)33/h13,15-16,30H,1-12,14H2,(H2,31,32,33)(H2,21,22,23,24). The molecule has 2 fully saturated rings. The lowest BCUT2D eigenvalue weighted by atomic mass is 10.1. The van der Waals surface area contributed by atoms with Crippen molar-refractivity contribution in [3.8, 4) is 0 Å². The number of piperidine rings is 1. The Balaban J connectivity index is 1.39. The molecule has 2 aliphatic rings. The molecule has 0 aromatic carbocycles. The van der Waals surface area contributed by atoms with Crippen LogP contribution in [-0.2, 0) is 22.4 Å². The van der Waals surface area contributed by atoms with Crippen LogP contribution in [0.2, 0.25) is 0 Å². The van der Waals surface area contributed by atoms with Gasteiger partial charge in [0.15, 0.2) is 0 Å². The molecule has 0 saturated carbocycles. The van der Waals surface area contributed by atoms with Gasteiger partial charge in [-0.15, -0.1) is 5.10 Å². The van der Waals surface area contributed by atoms with Gasteiger partial charge in [-0.2, -0.15) is 9.97 Å². The lowest BCUT2D eigenvalue weighted by Gasteiger charge is -2.33. The molecule has 0 amide bonds. The number of ether oxygens (including phenoxy) is 1. The average Bonchev–Trinajstić information content (AvgIpc) is 3.30. The molecule has 2 aromatic rings. The summed E-state index contributed by atoms with van der Waals surface area (Å²) in [5, 5.41) is 23.9. The van der Waals surface area contributed by atoms with Crippen LogP contribution in [0.25, 0.3) is 0 Å². The molecule has 0 bridgehead atoms. The Hall–Kier alpha value is -2.35. The van der Waals surface area contributed by atoms with Gasteiger partial charge in [0, 0.05) is 44.8 Å². The van der Waals surface area contributed by atoms with Crippen molar-refractivity contribution >= 4 is 25.2 Å². The maximum Gasteiger partial charge on any atom is 0.326 e. The molecule has 0 radical (unpaired) electrons. The van der Waals surface area contributed by atoms with Crippen molar-refractivity contribution in [3.05, 3.63) is 18.0 Å². The summed E-state index contributed by atoms with van der Waals surface area (Å²) in [6, 6.07) is 2.16. The third-order valence-electron chi connectivity index (χ3n) is 6.04. The van der Waals surface area contributed by atoms with E-state index < -0.39 is 7.60 Å². The minimum atomic E-state index is -3.97. The minimum absolute atomic E-state index is 0.00143. The first-order valence-corrected chi connectivity index (χ1v) is 13.7. The van der Waals surface area contributed by atoms with Gasteiger partial charge in [-0.05, 0) is 12.8 Å². The highest BCUT2D eigenvalue weighted by atomic mass is 31.2. The fourth-order valence-electron chi connectivity index (χ4n) is 4.12. The molecule has 4 heterocycles. The van der Waals surface area contributed by atoms with E-state index in [2.05, 4.69) is 35.7 Å². The van der Waals surface area contributed by atoms with Crippen LogP contribution in [-0.4, -0.2) is 110 Å². The largest absolute Gasteiger partial charge is 0.394 e. The SMILES string of the molecule is O=P(O)(O)CCN1CCC(Nc2cc(N3CCOCC3)nc(NCc3cn(CCO)nn3)n2)CC1. The second-order valence-corrected chi connectivity index (χ2v) is 10.5. The van der Waals surface area contributed by atoms with Crippen LogP contribution in [0.4, 0.5) is 17.6 Å². The predicted octanol–water partition coefficient (Wildman–Crippen LogP) is -0.437. The Morgan fingerprint density at radius 2 is 1.89 bits per heavy atom. The molecule has 0 aliphatic carbocycles. The molecule has 4 rings (SSSR count). The Labute approximate surface area is 203 Å². The van der Waals surface area contributed by atoms with Gasteiger partial charge in [0.05, 0.1) is 45.3 Å². The number of hydrogen-bond acceptors (Lipinski definition) is 11.